The van der Waals surface area contributed by atoms with Crippen LogP contribution in [0.25, 0.3) is 0 Å². The van der Waals surface area contributed by atoms with Gasteiger partial charge >= 0.3 is 0 Å². The normalized spacial score (nSPS) is 24.2. The predicted molar refractivity (Wildman–Crippen MR) is 76.9 cm³/mol. The van der Waals surface area contributed by atoms with E-state index in [1.807, 2.05) is 12.1 Å². The van der Waals surface area contributed by atoms with E-state index in [2.05, 4.69) is 45.0 Å². The highest BCUT2D eigenvalue weighted by Crippen LogP contribution is 2.52. The van der Waals surface area contributed by atoms with Gasteiger partial charge in [-0.05, 0) is 40.7 Å². The lowest BCUT2D eigenvalue weighted by Crippen LogP contribution is -2.23. The molecule has 3 rings (SSSR count). The van der Waals surface area contributed by atoms with Crippen LogP contribution in [0, 0.1) is 5.82 Å². The van der Waals surface area contributed by atoms with Crippen molar-refractivity contribution in [3.8, 4) is 0 Å². The fourth-order valence-electron chi connectivity index (χ4n) is 3.70. The second kappa shape index (κ2) is 3.93. The molecule has 19 heavy (non-hydrogen) atoms. The predicted octanol–water partition coefficient (Wildman–Crippen LogP) is 4.81. The van der Waals surface area contributed by atoms with E-state index in [1.54, 1.807) is 12.1 Å². The zero-order chi connectivity index (χ0) is 13.7. The molecule has 0 heterocycles. The fraction of sp³-hybridized carbons (Fsp3) is 0.333. The van der Waals surface area contributed by atoms with Gasteiger partial charge in [0.05, 0.1) is 0 Å². The molecule has 0 radical (unpaired) electrons. The van der Waals surface area contributed by atoms with Gasteiger partial charge in [-0.2, -0.15) is 0 Å². The number of fused-ring (bicyclic) bond motifs is 1. The minimum atomic E-state index is -0.135. The van der Waals surface area contributed by atoms with Gasteiger partial charge in [0.2, 0.25) is 0 Å². The summed E-state index contributed by atoms with van der Waals surface area (Å²) in [5.41, 5.74) is 3.73. The Morgan fingerprint density at radius 2 is 1.58 bits per heavy atom. The standard InChI is InChI=1S/C18H19F/c1-17(2)12-18(3,13-7-5-4-6-8-13)15-10-9-14(19)11-16(15)17/h4-11H,12H2,1-3H3. The number of hydrogen-bond acceptors (Lipinski definition) is 0. The van der Waals surface area contributed by atoms with Gasteiger partial charge in [0.15, 0.2) is 0 Å². The van der Waals surface area contributed by atoms with Crippen molar-refractivity contribution in [3.05, 3.63) is 71.0 Å². The van der Waals surface area contributed by atoms with E-state index in [-0.39, 0.29) is 16.6 Å². The van der Waals surface area contributed by atoms with Gasteiger partial charge < -0.3 is 0 Å². The molecular weight excluding hydrogens is 235 g/mol. The van der Waals surface area contributed by atoms with Gasteiger partial charge in [-0.15, -0.1) is 0 Å². The van der Waals surface area contributed by atoms with Gasteiger partial charge in [0.25, 0.3) is 0 Å². The Kier molecular flexibility index (Phi) is 2.57. The Hall–Kier alpha value is -1.63. The summed E-state index contributed by atoms with van der Waals surface area (Å²) >= 11 is 0. The molecule has 1 aliphatic rings. The lowest BCUT2D eigenvalue weighted by Gasteiger charge is -2.28. The molecule has 0 N–H and O–H groups in total. The number of hydrogen-bond donors (Lipinski definition) is 0. The molecule has 2 aromatic rings. The zero-order valence-corrected chi connectivity index (χ0v) is 11.7. The van der Waals surface area contributed by atoms with Crippen molar-refractivity contribution in [3.63, 3.8) is 0 Å². The largest absolute Gasteiger partial charge is 0.207 e. The first-order valence-corrected chi connectivity index (χ1v) is 6.79. The molecule has 0 nitrogen and oxygen atoms in total. The number of halogens is 1. The summed E-state index contributed by atoms with van der Waals surface area (Å²) in [5, 5.41) is 0. The summed E-state index contributed by atoms with van der Waals surface area (Å²) in [5.74, 6) is -0.135. The third-order valence-electron chi connectivity index (χ3n) is 4.51. The average Bonchev–Trinajstić information content (AvgIpc) is 2.59. The summed E-state index contributed by atoms with van der Waals surface area (Å²) < 4.78 is 13.6. The first-order chi connectivity index (χ1) is 8.93. The smallest absolute Gasteiger partial charge is 0.123 e. The van der Waals surface area contributed by atoms with Crippen LogP contribution in [-0.2, 0) is 10.8 Å². The van der Waals surface area contributed by atoms with E-state index in [0.717, 1.165) is 12.0 Å². The SMILES string of the molecule is CC1(C)CC(C)(c2ccccc2)c2ccc(F)cc21. The lowest BCUT2D eigenvalue weighted by molar-refractivity contribution is 0.424. The summed E-state index contributed by atoms with van der Waals surface area (Å²) in [7, 11) is 0. The van der Waals surface area contributed by atoms with Crippen LogP contribution in [-0.4, -0.2) is 0 Å². The maximum Gasteiger partial charge on any atom is 0.123 e. The molecule has 0 amide bonds. The summed E-state index contributed by atoms with van der Waals surface area (Å²) in [6.45, 7) is 6.69. The van der Waals surface area contributed by atoms with Crippen LogP contribution in [0.2, 0.25) is 0 Å². The Morgan fingerprint density at radius 3 is 2.26 bits per heavy atom. The van der Waals surface area contributed by atoms with Gasteiger partial charge in [-0.1, -0.05) is 57.2 Å². The van der Waals surface area contributed by atoms with Crippen molar-refractivity contribution in [2.45, 2.75) is 38.0 Å². The minimum absolute atomic E-state index is 0.0159. The van der Waals surface area contributed by atoms with Crippen LogP contribution in [0.1, 0.15) is 43.9 Å². The highest BCUT2D eigenvalue weighted by Gasteiger charge is 2.45. The minimum Gasteiger partial charge on any atom is -0.207 e. The third-order valence-corrected chi connectivity index (χ3v) is 4.51. The molecule has 0 saturated carbocycles. The molecule has 0 fully saturated rings. The van der Waals surface area contributed by atoms with Crippen molar-refractivity contribution in [1.82, 2.24) is 0 Å². The summed E-state index contributed by atoms with van der Waals surface area (Å²) in [6.07, 6.45) is 1.02. The number of benzene rings is 2. The first kappa shape index (κ1) is 12.4. The van der Waals surface area contributed by atoms with Crippen LogP contribution >= 0.6 is 0 Å². The fourth-order valence-corrected chi connectivity index (χ4v) is 3.70. The molecule has 1 heteroatoms. The van der Waals surface area contributed by atoms with E-state index >= 15 is 0 Å². The highest BCUT2D eigenvalue weighted by molar-refractivity contribution is 5.51. The quantitative estimate of drug-likeness (QED) is 0.685. The van der Waals surface area contributed by atoms with E-state index in [9.17, 15) is 4.39 Å². The average molecular weight is 254 g/mol. The topological polar surface area (TPSA) is 0 Å². The monoisotopic (exact) mass is 254 g/mol. The Morgan fingerprint density at radius 1 is 0.895 bits per heavy atom. The molecule has 0 spiro atoms. The van der Waals surface area contributed by atoms with Crippen LogP contribution in [0.4, 0.5) is 4.39 Å². The molecule has 1 unspecified atom stereocenters. The Bertz CT molecular complexity index is 613. The van der Waals surface area contributed by atoms with Gasteiger partial charge in [0.1, 0.15) is 5.82 Å². The highest BCUT2D eigenvalue weighted by atomic mass is 19.1. The van der Waals surface area contributed by atoms with E-state index in [1.165, 1.54) is 11.1 Å². The van der Waals surface area contributed by atoms with Crippen LogP contribution in [0.5, 0.6) is 0 Å². The number of rotatable bonds is 1. The van der Waals surface area contributed by atoms with Crippen molar-refractivity contribution in [2.24, 2.45) is 0 Å². The second-order valence-corrected chi connectivity index (χ2v) is 6.45. The summed E-state index contributed by atoms with van der Waals surface area (Å²) in [4.78, 5) is 0. The molecule has 2 aromatic carbocycles. The molecular formula is C18H19F. The molecule has 98 valence electrons. The van der Waals surface area contributed by atoms with Crippen molar-refractivity contribution >= 4 is 0 Å². The molecule has 1 aliphatic carbocycles. The summed E-state index contributed by atoms with van der Waals surface area (Å²) in [6, 6.07) is 15.8. The zero-order valence-electron chi connectivity index (χ0n) is 11.7. The maximum atomic E-state index is 13.6. The van der Waals surface area contributed by atoms with Crippen molar-refractivity contribution in [2.75, 3.05) is 0 Å². The second-order valence-electron chi connectivity index (χ2n) is 6.45. The maximum absolute atomic E-state index is 13.6. The van der Waals surface area contributed by atoms with E-state index in [4.69, 9.17) is 0 Å². The van der Waals surface area contributed by atoms with Crippen LogP contribution in [0.3, 0.4) is 0 Å². The first-order valence-electron chi connectivity index (χ1n) is 6.79. The van der Waals surface area contributed by atoms with Crippen LogP contribution in [0.15, 0.2) is 48.5 Å². The Labute approximate surface area is 114 Å². The van der Waals surface area contributed by atoms with Crippen molar-refractivity contribution in [1.29, 1.82) is 0 Å². The van der Waals surface area contributed by atoms with E-state index in [0.29, 0.717) is 0 Å². The van der Waals surface area contributed by atoms with Crippen LogP contribution < -0.4 is 0 Å². The third kappa shape index (κ3) is 1.80. The van der Waals surface area contributed by atoms with Gasteiger partial charge in [0, 0.05) is 5.41 Å². The molecule has 0 saturated heterocycles. The van der Waals surface area contributed by atoms with Gasteiger partial charge in [-0.3, -0.25) is 0 Å². The van der Waals surface area contributed by atoms with E-state index < -0.39 is 0 Å². The Balaban J connectivity index is 2.23. The van der Waals surface area contributed by atoms with Gasteiger partial charge in [-0.25, -0.2) is 4.39 Å². The molecule has 0 bridgehead atoms. The molecule has 0 aromatic heterocycles. The lowest BCUT2D eigenvalue weighted by atomic mass is 9.75. The molecule has 0 aliphatic heterocycles. The van der Waals surface area contributed by atoms with Crippen molar-refractivity contribution < 1.29 is 4.39 Å². The molecule has 1 atom stereocenters.